The van der Waals surface area contributed by atoms with E-state index in [2.05, 4.69) is 33.2 Å². The quantitative estimate of drug-likeness (QED) is 0.408. The second-order valence-corrected chi connectivity index (χ2v) is 4.67. The van der Waals surface area contributed by atoms with Gasteiger partial charge in [-0.3, -0.25) is 4.79 Å². The van der Waals surface area contributed by atoms with Crippen LogP contribution in [-0.4, -0.2) is 32.7 Å². The first-order valence-electron chi connectivity index (χ1n) is 5.18. The van der Waals surface area contributed by atoms with Gasteiger partial charge in [0.2, 0.25) is 5.91 Å². The maximum atomic E-state index is 11.4. The summed E-state index contributed by atoms with van der Waals surface area (Å²) in [6, 6.07) is 5.65. The van der Waals surface area contributed by atoms with Crippen LogP contribution in [-0.2, 0) is 9.53 Å². The van der Waals surface area contributed by atoms with Gasteiger partial charge in [-0.1, -0.05) is 0 Å². The summed E-state index contributed by atoms with van der Waals surface area (Å²) in [4.78, 5) is 11.4. The van der Waals surface area contributed by atoms with Gasteiger partial charge in [-0.15, -0.1) is 0 Å². The number of anilines is 2. The third kappa shape index (κ3) is 5.22. The lowest BCUT2D eigenvalue weighted by Crippen LogP contribution is -2.32. The first-order valence-corrected chi connectivity index (χ1v) is 6.26. The monoisotopic (exact) mass is 349 g/mol. The van der Waals surface area contributed by atoms with Crippen LogP contribution in [0.15, 0.2) is 18.2 Å². The van der Waals surface area contributed by atoms with Gasteiger partial charge in [-0.05, 0) is 40.8 Å². The molecule has 0 saturated carbocycles. The van der Waals surface area contributed by atoms with Crippen LogP contribution in [0.2, 0.25) is 0 Å². The summed E-state index contributed by atoms with van der Waals surface area (Å²) >= 11 is 2.19. The molecule has 0 unspecified atom stereocenters. The van der Waals surface area contributed by atoms with Crippen molar-refractivity contribution in [3.63, 3.8) is 0 Å². The zero-order valence-corrected chi connectivity index (χ0v) is 11.8. The number of nitrogens with one attached hydrogen (secondary N) is 2. The lowest BCUT2D eigenvalue weighted by Gasteiger charge is -2.09. The number of carbonyl (C=O) groups excluding carboxylic acids is 1. The molecule has 1 rings (SSSR count). The van der Waals surface area contributed by atoms with Crippen LogP contribution in [0.25, 0.3) is 0 Å². The lowest BCUT2D eigenvalue weighted by atomic mass is 10.2. The number of methoxy groups -OCH3 is 1. The summed E-state index contributed by atoms with van der Waals surface area (Å²) < 4.78 is 5.90. The molecule has 17 heavy (non-hydrogen) atoms. The van der Waals surface area contributed by atoms with Crippen molar-refractivity contribution in [3.8, 4) is 0 Å². The predicted octanol–water partition coefficient (Wildman–Crippen LogP) is 1.05. The zero-order valence-electron chi connectivity index (χ0n) is 9.63. The molecule has 0 aliphatic heterocycles. The van der Waals surface area contributed by atoms with E-state index in [1.54, 1.807) is 7.11 Å². The number of hydrogen-bond acceptors (Lipinski definition) is 4. The average molecular weight is 349 g/mol. The topological polar surface area (TPSA) is 76.4 Å². The molecule has 5 nitrogen and oxygen atoms in total. The molecule has 1 aromatic rings. The minimum absolute atomic E-state index is 0.0833. The third-order valence-electron chi connectivity index (χ3n) is 2.08. The molecule has 1 amide bonds. The molecule has 0 atom stereocenters. The Morgan fingerprint density at radius 3 is 2.94 bits per heavy atom. The molecule has 0 heterocycles. The number of rotatable bonds is 6. The molecule has 0 fully saturated rings. The number of nitrogens with two attached hydrogens (primary N) is 1. The first kappa shape index (κ1) is 14.0. The zero-order chi connectivity index (χ0) is 12.7. The van der Waals surface area contributed by atoms with E-state index in [9.17, 15) is 4.79 Å². The Kier molecular flexibility index (Phi) is 6.06. The fraction of sp³-hybridized carbons (Fsp3) is 0.364. The molecule has 0 radical (unpaired) electrons. The Bertz CT molecular complexity index is 385. The smallest absolute Gasteiger partial charge is 0.239 e. The van der Waals surface area contributed by atoms with Crippen LogP contribution in [0.4, 0.5) is 11.4 Å². The molecule has 0 bridgehead atoms. The van der Waals surface area contributed by atoms with Crippen molar-refractivity contribution in [1.82, 2.24) is 5.32 Å². The molecule has 0 aromatic heterocycles. The highest BCUT2D eigenvalue weighted by molar-refractivity contribution is 14.1. The van der Waals surface area contributed by atoms with E-state index < -0.39 is 0 Å². The van der Waals surface area contributed by atoms with Crippen molar-refractivity contribution in [1.29, 1.82) is 0 Å². The van der Waals surface area contributed by atoms with E-state index in [1.165, 1.54) is 0 Å². The number of carbonyl (C=O) groups is 1. The number of hydrogen-bond donors (Lipinski definition) is 3. The van der Waals surface area contributed by atoms with Gasteiger partial charge >= 0.3 is 0 Å². The summed E-state index contributed by atoms with van der Waals surface area (Å²) in [5.74, 6) is -0.0833. The maximum absolute atomic E-state index is 11.4. The fourth-order valence-corrected chi connectivity index (χ4v) is 1.74. The number of amides is 1. The maximum Gasteiger partial charge on any atom is 0.239 e. The van der Waals surface area contributed by atoms with E-state index in [0.717, 1.165) is 9.26 Å². The highest BCUT2D eigenvalue weighted by Crippen LogP contribution is 2.20. The molecular formula is C11H16IN3O2. The minimum atomic E-state index is -0.0833. The SMILES string of the molecule is COCCNC(=O)CNc1ccc(I)cc1N. The van der Waals surface area contributed by atoms with Crippen LogP contribution in [0, 0.1) is 3.57 Å². The van der Waals surface area contributed by atoms with Gasteiger partial charge in [-0.25, -0.2) is 0 Å². The van der Waals surface area contributed by atoms with Crippen LogP contribution in [0.1, 0.15) is 0 Å². The van der Waals surface area contributed by atoms with Crippen molar-refractivity contribution in [2.45, 2.75) is 0 Å². The molecule has 1 aromatic carbocycles. The Morgan fingerprint density at radius 1 is 1.53 bits per heavy atom. The summed E-state index contributed by atoms with van der Waals surface area (Å²) in [7, 11) is 1.59. The van der Waals surface area contributed by atoms with Crippen molar-refractivity contribution in [3.05, 3.63) is 21.8 Å². The Morgan fingerprint density at radius 2 is 2.29 bits per heavy atom. The standard InChI is InChI=1S/C11H16IN3O2/c1-17-5-4-14-11(16)7-15-10-3-2-8(12)6-9(10)13/h2-3,6,15H,4-5,7,13H2,1H3,(H,14,16). The summed E-state index contributed by atoms with van der Waals surface area (Å²) in [5.41, 5.74) is 7.22. The third-order valence-corrected chi connectivity index (χ3v) is 2.75. The Labute approximate surface area is 114 Å². The van der Waals surface area contributed by atoms with Crippen molar-refractivity contribution >= 4 is 39.9 Å². The van der Waals surface area contributed by atoms with E-state index in [0.29, 0.717) is 18.8 Å². The Balaban J connectivity index is 2.37. The van der Waals surface area contributed by atoms with E-state index in [4.69, 9.17) is 10.5 Å². The minimum Gasteiger partial charge on any atom is -0.397 e. The number of nitrogen functional groups attached to an aromatic ring is 1. The van der Waals surface area contributed by atoms with Gasteiger partial charge < -0.3 is 21.1 Å². The van der Waals surface area contributed by atoms with Gasteiger partial charge in [0.25, 0.3) is 0 Å². The number of benzene rings is 1. The van der Waals surface area contributed by atoms with Crippen LogP contribution < -0.4 is 16.4 Å². The van der Waals surface area contributed by atoms with Gasteiger partial charge in [0.05, 0.1) is 24.5 Å². The van der Waals surface area contributed by atoms with E-state index >= 15 is 0 Å². The van der Waals surface area contributed by atoms with Crippen molar-refractivity contribution < 1.29 is 9.53 Å². The summed E-state index contributed by atoms with van der Waals surface area (Å²) in [5, 5.41) is 5.70. The second kappa shape index (κ2) is 7.33. The average Bonchev–Trinajstić information content (AvgIpc) is 2.28. The van der Waals surface area contributed by atoms with Crippen molar-refractivity contribution in [2.75, 3.05) is 37.9 Å². The molecule has 94 valence electrons. The Hall–Kier alpha value is -1.02. The van der Waals surface area contributed by atoms with E-state index in [-0.39, 0.29) is 12.5 Å². The molecule has 0 aliphatic rings. The lowest BCUT2D eigenvalue weighted by molar-refractivity contribution is -0.119. The van der Waals surface area contributed by atoms with Crippen LogP contribution in [0.3, 0.4) is 0 Å². The highest BCUT2D eigenvalue weighted by Gasteiger charge is 2.03. The van der Waals surface area contributed by atoms with Crippen molar-refractivity contribution in [2.24, 2.45) is 0 Å². The largest absolute Gasteiger partial charge is 0.397 e. The summed E-state index contributed by atoms with van der Waals surface area (Å²) in [6.45, 7) is 1.23. The van der Waals surface area contributed by atoms with Crippen LogP contribution in [0.5, 0.6) is 0 Å². The van der Waals surface area contributed by atoms with Gasteiger partial charge in [0.15, 0.2) is 0 Å². The second-order valence-electron chi connectivity index (χ2n) is 3.43. The molecule has 0 spiro atoms. The molecule has 4 N–H and O–H groups in total. The van der Waals surface area contributed by atoms with Gasteiger partial charge in [0.1, 0.15) is 0 Å². The molecule has 0 aliphatic carbocycles. The van der Waals surface area contributed by atoms with Gasteiger partial charge in [0, 0.05) is 17.2 Å². The van der Waals surface area contributed by atoms with Crippen LogP contribution >= 0.6 is 22.6 Å². The molecule has 0 saturated heterocycles. The highest BCUT2D eigenvalue weighted by atomic mass is 127. The molecular weight excluding hydrogens is 333 g/mol. The predicted molar refractivity (Wildman–Crippen MR) is 76.9 cm³/mol. The normalized spacial score (nSPS) is 10.0. The first-order chi connectivity index (χ1) is 8.13. The molecule has 6 heteroatoms. The summed E-state index contributed by atoms with van der Waals surface area (Å²) in [6.07, 6.45) is 0. The van der Waals surface area contributed by atoms with E-state index in [1.807, 2.05) is 18.2 Å². The number of halogens is 1. The van der Waals surface area contributed by atoms with Gasteiger partial charge in [-0.2, -0.15) is 0 Å². The number of ether oxygens (including phenoxy) is 1. The fourth-order valence-electron chi connectivity index (χ4n) is 1.23.